The van der Waals surface area contributed by atoms with Gasteiger partial charge < -0.3 is 15.1 Å². The Labute approximate surface area is 122 Å². The SMILES string of the molecule is Cc1nn(C)c2c1CCN(C(=O)c1cc(O)cc(O)c1)C2. The van der Waals surface area contributed by atoms with Gasteiger partial charge in [-0.05, 0) is 31.0 Å². The fraction of sp³-hybridized carbons (Fsp3) is 0.333. The molecule has 2 heterocycles. The predicted molar refractivity (Wildman–Crippen MR) is 76.2 cm³/mol. The molecule has 0 saturated carbocycles. The normalized spacial score (nSPS) is 14.1. The molecule has 0 aliphatic carbocycles. The second-order valence-electron chi connectivity index (χ2n) is 5.35. The Morgan fingerprint density at radius 2 is 1.90 bits per heavy atom. The molecule has 1 aliphatic heterocycles. The quantitative estimate of drug-likeness (QED) is 0.829. The third-order valence-electron chi connectivity index (χ3n) is 3.88. The van der Waals surface area contributed by atoms with E-state index in [0.29, 0.717) is 13.1 Å². The summed E-state index contributed by atoms with van der Waals surface area (Å²) in [7, 11) is 1.87. The molecule has 2 aromatic rings. The number of hydrogen-bond acceptors (Lipinski definition) is 4. The van der Waals surface area contributed by atoms with Gasteiger partial charge in [-0.2, -0.15) is 5.10 Å². The summed E-state index contributed by atoms with van der Waals surface area (Å²) < 4.78 is 1.81. The summed E-state index contributed by atoms with van der Waals surface area (Å²) in [5, 5.41) is 23.4. The number of hydrogen-bond donors (Lipinski definition) is 2. The Hall–Kier alpha value is -2.50. The van der Waals surface area contributed by atoms with E-state index in [1.165, 1.54) is 23.8 Å². The van der Waals surface area contributed by atoms with Crippen LogP contribution in [0, 0.1) is 6.92 Å². The highest BCUT2D eigenvalue weighted by Gasteiger charge is 2.26. The number of aromatic nitrogens is 2. The number of nitrogens with zero attached hydrogens (tertiary/aromatic N) is 3. The van der Waals surface area contributed by atoms with E-state index >= 15 is 0 Å². The Kier molecular flexibility index (Phi) is 3.08. The van der Waals surface area contributed by atoms with E-state index < -0.39 is 0 Å². The van der Waals surface area contributed by atoms with Crippen molar-refractivity contribution in [2.24, 2.45) is 7.05 Å². The van der Waals surface area contributed by atoms with Crippen molar-refractivity contribution in [3.8, 4) is 11.5 Å². The second-order valence-corrected chi connectivity index (χ2v) is 5.35. The fourth-order valence-electron chi connectivity index (χ4n) is 2.85. The van der Waals surface area contributed by atoms with Gasteiger partial charge in [-0.15, -0.1) is 0 Å². The van der Waals surface area contributed by atoms with Gasteiger partial charge in [0.25, 0.3) is 5.91 Å². The van der Waals surface area contributed by atoms with E-state index in [0.717, 1.165) is 17.8 Å². The maximum Gasteiger partial charge on any atom is 0.254 e. The lowest BCUT2D eigenvalue weighted by atomic mass is 10.0. The number of aryl methyl sites for hydroxylation is 2. The van der Waals surface area contributed by atoms with Crippen molar-refractivity contribution in [2.45, 2.75) is 19.9 Å². The van der Waals surface area contributed by atoms with E-state index in [-0.39, 0.29) is 23.0 Å². The molecule has 0 spiro atoms. The van der Waals surface area contributed by atoms with E-state index in [1.54, 1.807) is 4.90 Å². The first-order valence-electron chi connectivity index (χ1n) is 6.79. The first-order valence-corrected chi connectivity index (χ1v) is 6.79. The van der Waals surface area contributed by atoms with Crippen LogP contribution in [0.5, 0.6) is 11.5 Å². The number of carbonyl (C=O) groups excluding carboxylic acids is 1. The van der Waals surface area contributed by atoms with Gasteiger partial charge in [0, 0.05) is 25.2 Å². The third kappa shape index (κ3) is 2.33. The van der Waals surface area contributed by atoms with Gasteiger partial charge in [0.1, 0.15) is 11.5 Å². The topological polar surface area (TPSA) is 78.6 Å². The van der Waals surface area contributed by atoms with Crippen molar-refractivity contribution in [1.29, 1.82) is 0 Å². The minimum absolute atomic E-state index is 0.118. The zero-order chi connectivity index (χ0) is 15.1. The van der Waals surface area contributed by atoms with Gasteiger partial charge in [-0.25, -0.2) is 0 Å². The highest BCUT2D eigenvalue weighted by atomic mass is 16.3. The van der Waals surface area contributed by atoms with Gasteiger partial charge in [-0.3, -0.25) is 9.48 Å². The zero-order valence-electron chi connectivity index (χ0n) is 12.0. The summed E-state index contributed by atoms with van der Waals surface area (Å²) >= 11 is 0. The van der Waals surface area contributed by atoms with Crippen molar-refractivity contribution < 1.29 is 15.0 Å². The Balaban J connectivity index is 1.88. The molecule has 21 heavy (non-hydrogen) atoms. The average molecular weight is 287 g/mol. The van der Waals surface area contributed by atoms with Crippen LogP contribution < -0.4 is 0 Å². The Bertz CT molecular complexity index is 701. The molecule has 1 aromatic heterocycles. The van der Waals surface area contributed by atoms with Crippen LogP contribution in [0.25, 0.3) is 0 Å². The van der Waals surface area contributed by atoms with Crippen molar-refractivity contribution >= 4 is 5.91 Å². The molecule has 6 nitrogen and oxygen atoms in total. The van der Waals surface area contributed by atoms with E-state index in [1.807, 2.05) is 18.7 Å². The molecule has 1 aromatic carbocycles. The molecular formula is C15H17N3O3. The molecule has 3 rings (SSSR count). The molecule has 2 N–H and O–H groups in total. The minimum Gasteiger partial charge on any atom is -0.508 e. The third-order valence-corrected chi connectivity index (χ3v) is 3.88. The van der Waals surface area contributed by atoms with Gasteiger partial charge in [0.2, 0.25) is 0 Å². The molecule has 0 fully saturated rings. The summed E-state index contributed by atoms with van der Waals surface area (Å²) in [5.41, 5.74) is 3.54. The van der Waals surface area contributed by atoms with Gasteiger partial charge in [0.05, 0.1) is 17.9 Å². The molecule has 0 radical (unpaired) electrons. The zero-order valence-corrected chi connectivity index (χ0v) is 12.0. The number of phenols is 2. The molecule has 0 saturated heterocycles. The molecule has 6 heteroatoms. The van der Waals surface area contributed by atoms with Gasteiger partial charge >= 0.3 is 0 Å². The number of aromatic hydroxyl groups is 2. The van der Waals surface area contributed by atoms with Gasteiger partial charge in [0.15, 0.2) is 0 Å². The lowest BCUT2D eigenvalue weighted by Crippen LogP contribution is -2.36. The van der Waals surface area contributed by atoms with Crippen LogP contribution in [0.1, 0.15) is 27.3 Å². The van der Waals surface area contributed by atoms with Crippen LogP contribution in [0.2, 0.25) is 0 Å². The van der Waals surface area contributed by atoms with Crippen LogP contribution in [0.4, 0.5) is 0 Å². The van der Waals surface area contributed by atoms with E-state index in [2.05, 4.69) is 5.10 Å². The van der Waals surface area contributed by atoms with E-state index in [4.69, 9.17) is 0 Å². The average Bonchev–Trinajstić information content (AvgIpc) is 2.72. The van der Waals surface area contributed by atoms with E-state index in [9.17, 15) is 15.0 Å². The molecule has 110 valence electrons. The summed E-state index contributed by atoms with van der Waals surface area (Å²) in [6, 6.07) is 3.94. The van der Waals surface area contributed by atoms with Crippen LogP contribution >= 0.6 is 0 Å². The minimum atomic E-state index is -0.203. The van der Waals surface area contributed by atoms with Gasteiger partial charge in [-0.1, -0.05) is 0 Å². The van der Waals surface area contributed by atoms with Crippen molar-refractivity contribution in [3.63, 3.8) is 0 Å². The molecule has 0 bridgehead atoms. The van der Waals surface area contributed by atoms with Crippen molar-refractivity contribution in [1.82, 2.24) is 14.7 Å². The Morgan fingerprint density at radius 1 is 1.24 bits per heavy atom. The summed E-state index contributed by atoms with van der Waals surface area (Å²) in [5.74, 6) is -0.439. The summed E-state index contributed by atoms with van der Waals surface area (Å²) in [6.07, 6.45) is 0.769. The molecule has 1 aliphatic rings. The van der Waals surface area contributed by atoms with Crippen LogP contribution in [-0.4, -0.2) is 37.3 Å². The number of benzene rings is 1. The highest BCUT2D eigenvalue weighted by Crippen LogP contribution is 2.25. The molecular weight excluding hydrogens is 270 g/mol. The largest absolute Gasteiger partial charge is 0.508 e. The molecule has 0 atom stereocenters. The Morgan fingerprint density at radius 3 is 2.57 bits per heavy atom. The fourth-order valence-corrected chi connectivity index (χ4v) is 2.85. The monoisotopic (exact) mass is 287 g/mol. The number of amides is 1. The number of carbonyl (C=O) groups is 1. The van der Waals surface area contributed by atoms with Crippen LogP contribution in [-0.2, 0) is 20.0 Å². The molecule has 1 amide bonds. The lowest BCUT2D eigenvalue weighted by Gasteiger charge is -2.27. The van der Waals surface area contributed by atoms with Crippen molar-refractivity contribution in [2.75, 3.05) is 6.54 Å². The number of fused-ring (bicyclic) bond motifs is 1. The highest BCUT2D eigenvalue weighted by molar-refractivity contribution is 5.95. The number of phenolic OH excluding ortho intramolecular Hbond substituents is 2. The van der Waals surface area contributed by atoms with Crippen LogP contribution in [0.3, 0.4) is 0 Å². The van der Waals surface area contributed by atoms with Crippen LogP contribution in [0.15, 0.2) is 18.2 Å². The molecule has 0 unspecified atom stereocenters. The first-order chi connectivity index (χ1) is 9.95. The predicted octanol–water partition coefficient (Wildman–Crippen LogP) is 1.34. The smallest absolute Gasteiger partial charge is 0.254 e. The number of rotatable bonds is 1. The standard InChI is InChI=1S/C15H17N3O3/c1-9-13-3-4-18(8-14(13)17(2)16-9)15(21)10-5-11(19)7-12(20)6-10/h5-7,19-20H,3-4,8H2,1-2H3. The summed E-state index contributed by atoms with van der Waals surface area (Å²) in [6.45, 7) is 3.07. The second kappa shape index (κ2) is 4.80. The maximum absolute atomic E-state index is 12.5. The van der Waals surface area contributed by atoms with Crippen molar-refractivity contribution in [3.05, 3.63) is 40.7 Å². The maximum atomic E-state index is 12.5. The lowest BCUT2D eigenvalue weighted by molar-refractivity contribution is 0.0729. The first kappa shape index (κ1) is 13.5. The summed E-state index contributed by atoms with van der Waals surface area (Å²) in [4.78, 5) is 14.2.